The van der Waals surface area contributed by atoms with E-state index in [0.717, 1.165) is 31.6 Å². The van der Waals surface area contributed by atoms with Gasteiger partial charge in [-0.15, -0.1) is 0 Å². The average Bonchev–Trinajstić information content (AvgIpc) is 2.69. The third kappa shape index (κ3) is 4.00. The van der Waals surface area contributed by atoms with Crippen LogP contribution in [0.1, 0.15) is 72.6 Å². The molecule has 1 nitrogen and oxygen atoms in total. The van der Waals surface area contributed by atoms with E-state index >= 15 is 0 Å². The molecular formula is C20H34O. The summed E-state index contributed by atoms with van der Waals surface area (Å²) in [5, 5.41) is 10.9. The van der Waals surface area contributed by atoms with E-state index < -0.39 is 5.60 Å². The van der Waals surface area contributed by atoms with Crippen molar-refractivity contribution in [3.63, 3.8) is 0 Å². The largest absolute Gasteiger partial charge is 0.390 e. The molecule has 0 aromatic heterocycles. The smallest absolute Gasteiger partial charge is 0.0650 e. The van der Waals surface area contributed by atoms with Crippen LogP contribution in [0.2, 0.25) is 0 Å². The summed E-state index contributed by atoms with van der Waals surface area (Å²) in [6, 6.07) is 0. The van der Waals surface area contributed by atoms with Crippen molar-refractivity contribution in [1.82, 2.24) is 0 Å². The zero-order valence-corrected chi connectivity index (χ0v) is 14.5. The monoisotopic (exact) mass is 290 g/mol. The van der Waals surface area contributed by atoms with Gasteiger partial charge in [0.25, 0.3) is 0 Å². The lowest BCUT2D eigenvalue weighted by atomic mass is 9.77. The van der Waals surface area contributed by atoms with Crippen LogP contribution in [0.3, 0.4) is 0 Å². The Bertz CT molecular complexity index is 400. The second-order valence-corrected chi connectivity index (χ2v) is 8.13. The molecule has 0 saturated heterocycles. The summed E-state index contributed by atoms with van der Waals surface area (Å²) in [4.78, 5) is 0. The molecule has 0 amide bonds. The van der Waals surface area contributed by atoms with Gasteiger partial charge < -0.3 is 5.11 Å². The summed E-state index contributed by atoms with van der Waals surface area (Å²) in [6.45, 7) is 13.2. The number of hydrogen-bond acceptors (Lipinski definition) is 1. The van der Waals surface area contributed by atoms with Crippen molar-refractivity contribution in [2.75, 3.05) is 0 Å². The molecule has 0 spiro atoms. The van der Waals surface area contributed by atoms with Crippen LogP contribution >= 0.6 is 0 Å². The molecule has 1 N–H and O–H groups in total. The molecule has 21 heavy (non-hydrogen) atoms. The first kappa shape index (κ1) is 16.8. The second kappa shape index (κ2) is 6.69. The number of fused-ring (bicyclic) bond motifs is 1. The Morgan fingerprint density at radius 3 is 2.67 bits per heavy atom. The van der Waals surface area contributed by atoms with Crippen LogP contribution in [0.4, 0.5) is 0 Å². The van der Waals surface area contributed by atoms with Crippen LogP contribution < -0.4 is 0 Å². The van der Waals surface area contributed by atoms with Gasteiger partial charge in [-0.3, -0.25) is 0 Å². The lowest BCUT2D eigenvalue weighted by Crippen LogP contribution is -2.36. The van der Waals surface area contributed by atoms with Crippen molar-refractivity contribution in [2.45, 2.75) is 78.2 Å². The third-order valence-electron chi connectivity index (χ3n) is 6.13. The Balaban J connectivity index is 2.02. The summed E-state index contributed by atoms with van der Waals surface area (Å²) < 4.78 is 0. The first-order valence-corrected chi connectivity index (χ1v) is 8.84. The summed E-state index contributed by atoms with van der Waals surface area (Å²) in [5.74, 6) is 2.61. The Morgan fingerprint density at radius 2 is 2.00 bits per heavy atom. The van der Waals surface area contributed by atoms with Gasteiger partial charge >= 0.3 is 0 Å². The van der Waals surface area contributed by atoms with Crippen molar-refractivity contribution in [2.24, 2.45) is 23.7 Å². The minimum Gasteiger partial charge on any atom is -0.390 e. The van der Waals surface area contributed by atoms with E-state index in [0.29, 0.717) is 17.8 Å². The van der Waals surface area contributed by atoms with E-state index in [1.807, 2.05) is 0 Å². The molecule has 5 atom stereocenters. The minimum absolute atomic E-state index is 0.454. The topological polar surface area (TPSA) is 20.2 Å². The van der Waals surface area contributed by atoms with Crippen molar-refractivity contribution >= 4 is 0 Å². The minimum atomic E-state index is -0.454. The van der Waals surface area contributed by atoms with E-state index in [-0.39, 0.29) is 0 Å². The van der Waals surface area contributed by atoms with Crippen LogP contribution in [-0.4, -0.2) is 10.7 Å². The molecule has 2 unspecified atom stereocenters. The molecule has 0 radical (unpaired) electrons. The molecule has 0 bridgehead atoms. The van der Waals surface area contributed by atoms with Gasteiger partial charge in [-0.05, 0) is 83.0 Å². The normalized spacial score (nSPS) is 39.5. The molecule has 2 aliphatic carbocycles. The van der Waals surface area contributed by atoms with Gasteiger partial charge in [-0.25, -0.2) is 0 Å². The van der Waals surface area contributed by atoms with E-state index in [2.05, 4.69) is 40.3 Å². The number of rotatable bonds is 4. The highest BCUT2D eigenvalue weighted by atomic mass is 16.3. The van der Waals surface area contributed by atoms with Crippen LogP contribution in [0, 0.1) is 23.7 Å². The maximum absolute atomic E-state index is 10.9. The zero-order chi connectivity index (χ0) is 15.6. The maximum Gasteiger partial charge on any atom is 0.0650 e. The predicted molar refractivity (Wildman–Crippen MR) is 91.1 cm³/mol. The SMILES string of the molecule is C=C(CCC=C(C)C)[C@@H]1CC[C@](C)(O)C2CC[C@@H](C)C2C1. The Hall–Kier alpha value is -0.560. The summed E-state index contributed by atoms with van der Waals surface area (Å²) in [6.07, 6.45) is 10.4. The molecule has 120 valence electrons. The zero-order valence-electron chi connectivity index (χ0n) is 14.5. The van der Waals surface area contributed by atoms with Gasteiger partial charge in [-0.1, -0.05) is 37.1 Å². The summed E-state index contributed by atoms with van der Waals surface area (Å²) >= 11 is 0. The van der Waals surface area contributed by atoms with Crippen LogP contribution in [0.5, 0.6) is 0 Å². The van der Waals surface area contributed by atoms with Crippen molar-refractivity contribution in [3.05, 3.63) is 23.8 Å². The lowest BCUT2D eigenvalue weighted by molar-refractivity contribution is -0.0208. The van der Waals surface area contributed by atoms with Gasteiger partial charge in [-0.2, -0.15) is 0 Å². The first-order chi connectivity index (χ1) is 9.81. The predicted octanol–water partition coefficient (Wildman–Crippen LogP) is 5.50. The maximum atomic E-state index is 10.9. The highest BCUT2D eigenvalue weighted by Crippen LogP contribution is 2.51. The molecule has 1 heteroatoms. The number of hydrogen-bond donors (Lipinski definition) is 1. The molecule has 0 aromatic carbocycles. The van der Waals surface area contributed by atoms with E-state index in [4.69, 9.17) is 0 Å². The first-order valence-electron chi connectivity index (χ1n) is 8.84. The second-order valence-electron chi connectivity index (χ2n) is 8.13. The molecule has 2 rings (SSSR count). The quantitative estimate of drug-likeness (QED) is 0.678. The number of allylic oxidation sites excluding steroid dienone is 3. The standard InChI is InChI=1S/C20H34O/c1-14(2)7-6-8-15(3)17-11-12-20(5,21)19-10-9-16(4)18(19)13-17/h7,16-19,21H,3,6,8-13H2,1-2,4-5H3/t16-,17-,18?,19?,20+/m1/s1. The Labute approximate surface area is 131 Å². The number of aliphatic hydroxyl groups is 1. The fourth-order valence-corrected chi connectivity index (χ4v) is 4.66. The molecular weight excluding hydrogens is 256 g/mol. The van der Waals surface area contributed by atoms with Gasteiger partial charge in [0, 0.05) is 0 Å². The van der Waals surface area contributed by atoms with Crippen molar-refractivity contribution in [3.8, 4) is 0 Å². The Kier molecular flexibility index (Phi) is 5.35. The third-order valence-corrected chi connectivity index (χ3v) is 6.13. The van der Waals surface area contributed by atoms with Gasteiger partial charge in [0.15, 0.2) is 0 Å². The van der Waals surface area contributed by atoms with Crippen LogP contribution in [0.15, 0.2) is 23.8 Å². The fourth-order valence-electron chi connectivity index (χ4n) is 4.66. The molecule has 0 heterocycles. The van der Waals surface area contributed by atoms with E-state index in [9.17, 15) is 5.11 Å². The molecule has 2 saturated carbocycles. The summed E-state index contributed by atoms with van der Waals surface area (Å²) in [7, 11) is 0. The molecule has 2 aliphatic rings. The van der Waals surface area contributed by atoms with E-state index in [1.165, 1.54) is 30.4 Å². The van der Waals surface area contributed by atoms with Crippen LogP contribution in [0.25, 0.3) is 0 Å². The van der Waals surface area contributed by atoms with Crippen molar-refractivity contribution in [1.29, 1.82) is 0 Å². The highest BCUT2D eigenvalue weighted by molar-refractivity contribution is 5.08. The van der Waals surface area contributed by atoms with Gasteiger partial charge in [0.1, 0.15) is 0 Å². The fraction of sp³-hybridized carbons (Fsp3) is 0.800. The Morgan fingerprint density at radius 1 is 1.29 bits per heavy atom. The van der Waals surface area contributed by atoms with Crippen LogP contribution in [-0.2, 0) is 0 Å². The molecule has 0 aliphatic heterocycles. The molecule has 2 fully saturated rings. The highest BCUT2D eigenvalue weighted by Gasteiger charge is 2.46. The van der Waals surface area contributed by atoms with Gasteiger partial charge in [0.05, 0.1) is 5.60 Å². The molecule has 0 aromatic rings. The average molecular weight is 290 g/mol. The lowest BCUT2D eigenvalue weighted by Gasteiger charge is -2.33. The van der Waals surface area contributed by atoms with E-state index in [1.54, 1.807) is 0 Å². The summed E-state index contributed by atoms with van der Waals surface area (Å²) in [5.41, 5.74) is 2.36. The van der Waals surface area contributed by atoms with Gasteiger partial charge in [0.2, 0.25) is 0 Å². The van der Waals surface area contributed by atoms with Crippen molar-refractivity contribution < 1.29 is 5.11 Å².